The molecule has 10 rings (SSSR count). The maximum Gasteiger partial charge on any atom is 6.00 e. The quantitative estimate of drug-likeness (QED) is 0.0415. The number of hydrogen-bond acceptors (Lipinski definition) is 0. The molecule has 10 aromatic rings. The summed E-state index contributed by atoms with van der Waals surface area (Å²) in [6, 6.07) is 89.0. The monoisotopic (exact) mass is 1230 g/mol. The minimum Gasteiger partial charge on any atom is -0.394 e. The summed E-state index contributed by atoms with van der Waals surface area (Å²) in [5, 5.41) is 12.1. The molecule has 0 heterocycles. The van der Waals surface area contributed by atoms with Crippen LogP contribution in [-0.4, -0.2) is 24.6 Å². The van der Waals surface area contributed by atoms with E-state index in [-0.39, 0.29) is 34.1 Å². The molecular formula is C76H86Fe2P4+12. The molecule has 0 nitrogen and oxygen atoms in total. The maximum absolute atomic E-state index is 4.72. The Morgan fingerprint density at radius 1 is 0.256 bits per heavy atom. The van der Waals surface area contributed by atoms with Gasteiger partial charge in [0, 0.05) is 0 Å². The van der Waals surface area contributed by atoms with E-state index in [1.54, 1.807) is 0 Å². The summed E-state index contributed by atoms with van der Waals surface area (Å²) >= 11 is 0. The average molecular weight is 1240 g/mol. The minimum atomic E-state index is -0.783. The Bertz CT molecular complexity index is 2630. The first kappa shape index (κ1) is 69.2. The van der Waals surface area contributed by atoms with Gasteiger partial charge in [0.05, 0.1) is 74.1 Å². The van der Waals surface area contributed by atoms with E-state index < -0.39 is 31.7 Å². The maximum atomic E-state index is 4.72. The fourth-order valence-corrected chi connectivity index (χ4v) is 22.6. The van der Waals surface area contributed by atoms with Gasteiger partial charge in [0.2, 0.25) is 0 Å². The molecule has 0 atom stereocenters. The predicted octanol–water partition coefficient (Wildman–Crippen LogP) is 16.3. The van der Waals surface area contributed by atoms with Crippen molar-refractivity contribution < 1.29 is 34.1 Å². The number of hydrogen-bond donors (Lipinski definition) is 0. The summed E-state index contributed by atoms with van der Waals surface area (Å²) in [5.74, 6) is 0. The van der Waals surface area contributed by atoms with Crippen LogP contribution >= 0.6 is 31.7 Å². The molecule has 0 aliphatic carbocycles. The Hall–Kier alpha value is -5.30. The molecule has 10 aromatic carbocycles. The molecule has 0 spiro atoms. The third-order valence-corrected chi connectivity index (χ3v) is 28.2. The van der Waals surface area contributed by atoms with Crippen LogP contribution < -0.4 is 42.4 Å². The molecular weight excluding hydrogens is 1150 g/mol. The van der Waals surface area contributed by atoms with E-state index in [9.17, 15) is 0 Å². The molecule has 0 saturated heterocycles. The second-order valence-electron chi connectivity index (χ2n) is 20.5. The molecule has 82 heavy (non-hydrogen) atoms. The van der Waals surface area contributed by atoms with Gasteiger partial charge in [0.25, 0.3) is 0 Å². The summed E-state index contributed by atoms with van der Waals surface area (Å²) in [5.41, 5.74) is 14.7. The van der Waals surface area contributed by atoms with Crippen molar-refractivity contribution in [2.24, 2.45) is 0 Å². The molecule has 414 valence electrons. The minimum absolute atomic E-state index is 0. The van der Waals surface area contributed by atoms with Crippen molar-refractivity contribution in [3.8, 4) is 0 Å². The van der Waals surface area contributed by atoms with E-state index in [0.29, 0.717) is 0 Å². The van der Waals surface area contributed by atoms with Crippen LogP contribution in [0.25, 0.3) is 0 Å². The number of rotatable bonds is 15. The molecule has 0 radical (unpaired) electrons. The summed E-state index contributed by atoms with van der Waals surface area (Å²) in [6.45, 7) is 31.4. The van der Waals surface area contributed by atoms with Crippen molar-refractivity contribution in [3.63, 3.8) is 0 Å². The zero-order valence-electron chi connectivity index (χ0n) is 49.9. The summed E-state index contributed by atoms with van der Waals surface area (Å²) < 4.78 is 0. The molecule has 0 aromatic heterocycles. The van der Waals surface area contributed by atoms with E-state index in [1.807, 2.05) is 0 Å². The SMILES string of the molecule is Cc1c(C)c(C)[c-](C)c1C.Cc1c(C)c(C)[c-](C)c1C.[CH-]=CC=[CH-].[Fe+6].[Fe+6].c1ccc([PH+](CC[PH+](c2ccccc2)c2ccccc2)c2ccccc2)cc1.c1ccc([PH+](CC[PH+](c2ccccc2)c2ccccc2)c2ccccc2)cc1. The Labute approximate surface area is 521 Å². The number of benzene rings is 8. The van der Waals surface area contributed by atoms with Gasteiger partial charge >= 0.3 is 34.1 Å². The van der Waals surface area contributed by atoms with Crippen LogP contribution in [0.2, 0.25) is 0 Å². The smallest absolute Gasteiger partial charge is 0.394 e. The normalized spacial score (nSPS) is 10.4. The fraction of sp³-hybridized carbons (Fsp3) is 0.184. The average Bonchev–Trinajstić information content (AvgIpc) is 3.95. The van der Waals surface area contributed by atoms with E-state index >= 15 is 0 Å². The predicted molar refractivity (Wildman–Crippen MR) is 371 cm³/mol. The van der Waals surface area contributed by atoms with Gasteiger partial charge in [-0.05, 0) is 97.1 Å². The van der Waals surface area contributed by atoms with Crippen molar-refractivity contribution in [2.45, 2.75) is 69.2 Å². The van der Waals surface area contributed by atoms with Crippen molar-refractivity contribution in [1.29, 1.82) is 0 Å². The summed E-state index contributed by atoms with van der Waals surface area (Å²) in [7, 11) is -3.13. The van der Waals surface area contributed by atoms with Gasteiger partial charge in [0.15, 0.2) is 0 Å². The van der Waals surface area contributed by atoms with Crippen molar-refractivity contribution in [3.05, 3.63) is 324 Å². The second kappa shape index (κ2) is 37.1. The molecule has 6 heteroatoms. The molecule has 0 aliphatic rings. The third kappa shape index (κ3) is 20.2. The van der Waals surface area contributed by atoms with Gasteiger partial charge < -0.3 is 25.3 Å². The van der Waals surface area contributed by atoms with Crippen molar-refractivity contribution >= 4 is 74.1 Å². The first-order valence-electron chi connectivity index (χ1n) is 28.2. The van der Waals surface area contributed by atoms with Crippen LogP contribution in [-0.2, 0) is 34.1 Å². The van der Waals surface area contributed by atoms with E-state index in [0.717, 1.165) is 0 Å². The standard InChI is InChI=1S/2C26H24P2.2C10H15.C4H4.2Fe/c2*1-5-13-23(14-6-1)27(24-15-7-2-8-16-24)21-22-28(25-17-9-3-10-18-25)26-19-11-4-12-20-26;2*1-6-7(2)9(4)10(5)8(6)3;1-3-4-2;;/h2*1-20H,21-22H2;2*1-5H3;1-4H;;/q;;2*-1;-2;2*+6/p+4. The van der Waals surface area contributed by atoms with Gasteiger partial charge in [-0.15, -0.1) is 0 Å². The third-order valence-electron chi connectivity index (χ3n) is 16.0. The first-order chi connectivity index (χ1) is 38.9. The van der Waals surface area contributed by atoms with Crippen LogP contribution in [0.15, 0.2) is 255 Å². The summed E-state index contributed by atoms with van der Waals surface area (Å²) in [4.78, 5) is 0. The molecule has 0 N–H and O–H groups in total. The Morgan fingerprint density at radius 2 is 0.378 bits per heavy atom. The second-order valence-corrected chi connectivity index (χ2v) is 30.9. The molecule has 0 saturated carbocycles. The largest absolute Gasteiger partial charge is 6.00 e. The molecule has 0 fully saturated rings. The van der Waals surface area contributed by atoms with Gasteiger partial charge in [-0.1, -0.05) is 215 Å². The first-order valence-corrected chi connectivity index (χ1v) is 35.0. The van der Waals surface area contributed by atoms with Crippen LogP contribution in [0, 0.1) is 82.4 Å². The fourth-order valence-electron chi connectivity index (χ4n) is 10.2. The Morgan fingerprint density at radius 3 is 0.463 bits per heavy atom. The van der Waals surface area contributed by atoms with Gasteiger partial charge in [0.1, 0.15) is 24.6 Å². The molecule has 0 amide bonds. The van der Waals surface area contributed by atoms with Crippen molar-refractivity contribution in [1.82, 2.24) is 0 Å². The van der Waals surface area contributed by atoms with Crippen LogP contribution in [0.1, 0.15) is 55.6 Å². The summed E-state index contributed by atoms with van der Waals surface area (Å²) in [6.07, 6.45) is 7.60. The van der Waals surface area contributed by atoms with E-state index in [4.69, 9.17) is 13.2 Å². The van der Waals surface area contributed by atoms with Crippen LogP contribution in [0.4, 0.5) is 0 Å². The number of allylic oxidation sites excluding steroid dienone is 2. The van der Waals surface area contributed by atoms with Gasteiger partial charge in [-0.25, -0.2) is 0 Å². The molecule has 0 unspecified atom stereocenters. The molecule has 0 bridgehead atoms. The topological polar surface area (TPSA) is 0 Å². The Kier molecular flexibility index (Phi) is 31.3. The van der Waals surface area contributed by atoms with Crippen LogP contribution in [0.3, 0.4) is 0 Å². The van der Waals surface area contributed by atoms with E-state index in [1.165, 1.54) is 135 Å². The van der Waals surface area contributed by atoms with E-state index in [2.05, 4.69) is 312 Å². The van der Waals surface area contributed by atoms with Gasteiger partial charge in [-0.2, -0.15) is 55.6 Å². The zero-order valence-corrected chi connectivity index (χ0v) is 56.1. The van der Waals surface area contributed by atoms with Crippen LogP contribution in [0.5, 0.6) is 0 Å². The zero-order chi connectivity index (χ0) is 57.2. The van der Waals surface area contributed by atoms with Crippen molar-refractivity contribution in [2.75, 3.05) is 24.6 Å². The molecule has 0 aliphatic heterocycles. The van der Waals surface area contributed by atoms with Gasteiger partial charge in [-0.3, -0.25) is 0 Å². The Balaban J connectivity index is 0.000000249.